The van der Waals surface area contributed by atoms with Gasteiger partial charge < -0.3 is 15.7 Å². The topological polar surface area (TPSA) is 70.1 Å². The van der Waals surface area contributed by atoms with E-state index in [4.69, 9.17) is 0 Å². The quantitative estimate of drug-likeness (QED) is 0.788. The van der Waals surface area contributed by atoms with E-state index in [1.807, 2.05) is 31.3 Å². The minimum absolute atomic E-state index is 0.00581. The van der Waals surface area contributed by atoms with Crippen molar-refractivity contribution in [3.05, 3.63) is 24.3 Å². The van der Waals surface area contributed by atoms with Crippen LogP contribution in [0.4, 0.5) is 11.8 Å². The Kier molecular flexibility index (Phi) is 3.92. The van der Waals surface area contributed by atoms with Crippen molar-refractivity contribution >= 4 is 22.7 Å². The van der Waals surface area contributed by atoms with E-state index >= 15 is 0 Å². The van der Waals surface area contributed by atoms with Crippen LogP contribution in [-0.2, 0) is 0 Å². The molecule has 2 aromatic rings. The van der Waals surface area contributed by atoms with Crippen LogP contribution < -0.4 is 10.6 Å². The maximum Gasteiger partial charge on any atom is 0.224 e. The first kappa shape index (κ1) is 14.1. The predicted octanol–water partition coefficient (Wildman–Crippen LogP) is 2.64. The summed E-state index contributed by atoms with van der Waals surface area (Å²) in [5.41, 5.74) is 0.926. The van der Waals surface area contributed by atoms with Crippen LogP contribution in [0.15, 0.2) is 24.3 Å². The van der Waals surface area contributed by atoms with Gasteiger partial charge >= 0.3 is 0 Å². The summed E-state index contributed by atoms with van der Waals surface area (Å²) in [7, 11) is 1.82. The smallest absolute Gasteiger partial charge is 0.224 e. The normalized spacial score (nSPS) is 17.0. The number of hydrogen-bond donors (Lipinski definition) is 3. The van der Waals surface area contributed by atoms with Crippen LogP contribution in [0, 0.1) is 5.41 Å². The SMILES string of the molecule is CNc1nc(NCC2(CO)CCCC2)c2ccccc2n1. The highest BCUT2D eigenvalue weighted by Gasteiger charge is 2.33. The van der Waals surface area contributed by atoms with Gasteiger partial charge in [-0.05, 0) is 25.0 Å². The standard InChI is InChI=1S/C16H22N4O/c1-17-15-19-13-7-3-2-6-12(13)14(20-15)18-10-16(11-21)8-4-5-9-16/h2-3,6-7,21H,4-5,8-11H2,1H3,(H2,17,18,19,20). The summed E-state index contributed by atoms with van der Waals surface area (Å²) in [6, 6.07) is 7.98. The van der Waals surface area contributed by atoms with E-state index in [1.54, 1.807) is 0 Å². The molecule has 112 valence electrons. The van der Waals surface area contributed by atoms with Crippen LogP contribution in [0.25, 0.3) is 10.9 Å². The minimum atomic E-state index is 0.00581. The number of para-hydroxylation sites is 1. The second kappa shape index (κ2) is 5.85. The fraction of sp³-hybridized carbons (Fsp3) is 0.500. The van der Waals surface area contributed by atoms with Crippen LogP contribution in [0.2, 0.25) is 0 Å². The second-order valence-corrected chi connectivity index (χ2v) is 5.88. The molecule has 1 aliphatic rings. The molecule has 0 unspecified atom stereocenters. The largest absolute Gasteiger partial charge is 0.396 e. The Bertz CT molecular complexity index is 623. The van der Waals surface area contributed by atoms with Crippen molar-refractivity contribution in [1.29, 1.82) is 0 Å². The Morgan fingerprint density at radius 1 is 1.19 bits per heavy atom. The third kappa shape index (κ3) is 2.78. The third-order valence-corrected chi connectivity index (χ3v) is 4.46. The number of aliphatic hydroxyl groups is 1. The molecule has 5 heteroatoms. The van der Waals surface area contributed by atoms with Gasteiger partial charge in [-0.25, -0.2) is 4.98 Å². The average Bonchev–Trinajstić information content (AvgIpc) is 3.02. The zero-order chi connectivity index (χ0) is 14.7. The van der Waals surface area contributed by atoms with E-state index in [-0.39, 0.29) is 12.0 Å². The fourth-order valence-corrected chi connectivity index (χ4v) is 3.11. The summed E-state index contributed by atoms with van der Waals surface area (Å²) in [6.45, 7) is 0.996. The van der Waals surface area contributed by atoms with Crippen molar-refractivity contribution in [2.75, 3.05) is 30.8 Å². The van der Waals surface area contributed by atoms with Gasteiger partial charge in [0.25, 0.3) is 0 Å². The summed E-state index contributed by atoms with van der Waals surface area (Å²) in [5, 5.41) is 17.2. The zero-order valence-corrected chi connectivity index (χ0v) is 12.4. The lowest BCUT2D eigenvalue weighted by Gasteiger charge is -2.27. The molecule has 0 aliphatic heterocycles. The molecule has 3 rings (SSSR count). The monoisotopic (exact) mass is 286 g/mol. The molecule has 5 nitrogen and oxygen atoms in total. The van der Waals surface area contributed by atoms with Crippen LogP contribution >= 0.6 is 0 Å². The fourth-order valence-electron chi connectivity index (χ4n) is 3.11. The molecule has 0 radical (unpaired) electrons. The number of aliphatic hydroxyl groups excluding tert-OH is 1. The number of anilines is 2. The summed E-state index contributed by atoms with van der Waals surface area (Å²) >= 11 is 0. The van der Waals surface area contributed by atoms with Crippen molar-refractivity contribution in [3.63, 3.8) is 0 Å². The molecule has 0 saturated heterocycles. The van der Waals surface area contributed by atoms with Gasteiger partial charge in [0.1, 0.15) is 5.82 Å². The van der Waals surface area contributed by atoms with Crippen molar-refractivity contribution < 1.29 is 5.11 Å². The molecule has 0 spiro atoms. The predicted molar refractivity (Wildman–Crippen MR) is 85.6 cm³/mol. The highest BCUT2D eigenvalue weighted by Crippen LogP contribution is 2.38. The van der Waals surface area contributed by atoms with Gasteiger partial charge in [0, 0.05) is 24.4 Å². The summed E-state index contributed by atoms with van der Waals surface area (Å²) < 4.78 is 0. The molecule has 21 heavy (non-hydrogen) atoms. The van der Waals surface area contributed by atoms with Gasteiger partial charge in [0.05, 0.1) is 12.1 Å². The Balaban J connectivity index is 1.89. The molecule has 1 aliphatic carbocycles. The van der Waals surface area contributed by atoms with E-state index in [0.29, 0.717) is 5.95 Å². The molecule has 1 heterocycles. The average molecular weight is 286 g/mol. The van der Waals surface area contributed by atoms with Gasteiger partial charge in [0.2, 0.25) is 5.95 Å². The molecule has 1 aromatic heterocycles. The lowest BCUT2D eigenvalue weighted by atomic mass is 9.87. The van der Waals surface area contributed by atoms with Crippen LogP contribution in [0.1, 0.15) is 25.7 Å². The lowest BCUT2D eigenvalue weighted by molar-refractivity contribution is 0.142. The number of nitrogens with zero attached hydrogens (tertiary/aromatic N) is 2. The highest BCUT2D eigenvalue weighted by atomic mass is 16.3. The van der Waals surface area contributed by atoms with Crippen LogP contribution in [0.5, 0.6) is 0 Å². The Morgan fingerprint density at radius 2 is 1.95 bits per heavy atom. The highest BCUT2D eigenvalue weighted by molar-refractivity contribution is 5.90. The molecule has 0 atom stereocenters. The molecular formula is C16H22N4O. The second-order valence-electron chi connectivity index (χ2n) is 5.88. The number of benzene rings is 1. The summed E-state index contributed by atoms with van der Waals surface area (Å²) in [4.78, 5) is 8.99. The Morgan fingerprint density at radius 3 is 2.67 bits per heavy atom. The van der Waals surface area contributed by atoms with E-state index in [2.05, 4.69) is 20.6 Å². The van der Waals surface area contributed by atoms with Crippen LogP contribution in [0.3, 0.4) is 0 Å². The molecule has 1 saturated carbocycles. The van der Waals surface area contributed by atoms with E-state index < -0.39 is 0 Å². The van der Waals surface area contributed by atoms with Gasteiger partial charge in [0.15, 0.2) is 0 Å². The van der Waals surface area contributed by atoms with Gasteiger partial charge in [-0.1, -0.05) is 25.0 Å². The number of aromatic nitrogens is 2. The first-order chi connectivity index (χ1) is 10.3. The maximum absolute atomic E-state index is 9.72. The molecule has 3 N–H and O–H groups in total. The first-order valence-electron chi connectivity index (χ1n) is 7.56. The minimum Gasteiger partial charge on any atom is -0.396 e. The maximum atomic E-state index is 9.72. The summed E-state index contributed by atoms with van der Waals surface area (Å²) in [5.74, 6) is 1.45. The van der Waals surface area contributed by atoms with Gasteiger partial charge in [-0.3, -0.25) is 0 Å². The van der Waals surface area contributed by atoms with Gasteiger partial charge in [-0.2, -0.15) is 4.98 Å². The van der Waals surface area contributed by atoms with Gasteiger partial charge in [-0.15, -0.1) is 0 Å². The molecule has 0 amide bonds. The first-order valence-corrected chi connectivity index (χ1v) is 7.56. The molecule has 0 bridgehead atoms. The Hall–Kier alpha value is -1.88. The summed E-state index contributed by atoms with van der Waals surface area (Å²) in [6.07, 6.45) is 4.57. The van der Waals surface area contributed by atoms with Crippen molar-refractivity contribution in [2.24, 2.45) is 5.41 Å². The third-order valence-electron chi connectivity index (χ3n) is 4.46. The zero-order valence-electron chi connectivity index (χ0n) is 12.4. The van der Waals surface area contributed by atoms with E-state index in [9.17, 15) is 5.11 Å². The number of rotatable bonds is 5. The van der Waals surface area contributed by atoms with E-state index in [1.165, 1.54) is 12.8 Å². The van der Waals surface area contributed by atoms with Crippen molar-refractivity contribution in [3.8, 4) is 0 Å². The number of fused-ring (bicyclic) bond motifs is 1. The van der Waals surface area contributed by atoms with Crippen molar-refractivity contribution in [2.45, 2.75) is 25.7 Å². The number of hydrogen-bond acceptors (Lipinski definition) is 5. The Labute approximate surface area is 124 Å². The van der Waals surface area contributed by atoms with E-state index in [0.717, 1.165) is 36.1 Å². The molecular weight excluding hydrogens is 264 g/mol. The molecule has 1 aromatic carbocycles. The molecule has 1 fully saturated rings. The van der Waals surface area contributed by atoms with Crippen molar-refractivity contribution in [1.82, 2.24) is 9.97 Å². The lowest BCUT2D eigenvalue weighted by Crippen LogP contribution is -2.30. The number of nitrogens with one attached hydrogen (secondary N) is 2. The van der Waals surface area contributed by atoms with Crippen LogP contribution in [-0.4, -0.2) is 35.3 Å².